The summed E-state index contributed by atoms with van der Waals surface area (Å²) < 4.78 is 0. The van der Waals surface area contributed by atoms with Gasteiger partial charge in [-0.15, -0.1) is 0 Å². The van der Waals surface area contributed by atoms with Gasteiger partial charge in [0.25, 0.3) is 5.69 Å². The van der Waals surface area contributed by atoms with E-state index < -0.39 is 0 Å². The second-order valence-electron chi connectivity index (χ2n) is 3.92. The molecule has 0 spiro atoms. The number of nitriles is 1. The average Bonchev–Trinajstić information content (AvgIpc) is 2.35. The molecule has 0 saturated heterocycles. The molecule has 1 atom stereocenters. The zero-order valence-electron chi connectivity index (χ0n) is 9.96. The van der Waals surface area contributed by atoms with Gasteiger partial charge in [0.15, 0.2) is 0 Å². The van der Waals surface area contributed by atoms with Crippen LogP contribution in [0.2, 0.25) is 0 Å². The lowest BCUT2D eigenvalue weighted by Crippen LogP contribution is -2.29. The van der Waals surface area contributed by atoms with Crippen molar-refractivity contribution in [2.45, 2.75) is 19.4 Å². The van der Waals surface area contributed by atoms with Crippen LogP contribution >= 0.6 is 0 Å². The van der Waals surface area contributed by atoms with Crippen molar-refractivity contribution < 1.29 is 4.92 Å². The van der Waals surface area contributed by atoms with Crippen molar-refractivity contribution in [3.05, 3.63) is 39.9 Å². The van der Waals surface area contributed by atoms with Gasteiger partial charge in [0, 0.05) is 18.2 Å². The number of nitrogens with zero attached hydrogens (tertiary/aromatic N) is 3. The van der Waals surface area contributed by atoms with Crippen molar-refractivity contribution in [3.63, 3.8) is 0 Å². The number of rotatable bonds is 5. The zero-order chi connectivity index (χ0) is 12.8. The third-order valence-electron chi connectivity index (χ3n) is 2.77. The van der Waals surface area contributed by atoms with Crippen LogP contribution in [0.15, 0.2) is 24.3 Å². The fourth-order valence-electron chi connectivity index (χ4n) is 1.49. The Morgan fingerprint density at radius 2 is 2.18 bits per heavy atom. The Hall–Kier alpha value is -1.93. The molecule has 5 heteroatoms. The van der Waals surface area contributed by atoms with Gasteiger partial charge in [-0.25, -0.2) is 0 Å². The summed E-state index contributed by atoms with van der Waals surface area (Å²) >= 11 is 0. The highest BCUT2D eigenvalue weighted by Crippen LogP contribution is 2.18. The van der Waals surface area contributed by atoms with Crippen LogP contribution in [0, 0.1) is 21.4 Å². The molecule has 1 unspecified atom stereocenters. The van der Waals surface area contributed by atoms with Crippen LogP contribution in [0.1, 0.15) is 12.5 Å². The lowest BCUT2D eigenvalue weighted by Gasteiger charge is -2.18. The van der Waals surface area contributed by atoms with Crippen molar-refractivity contribution in [2.24, 2.45) is 0 Å². The van der Waals surface area contributed by atoms with E-state index in [0.29, 0.717) is 18.5 Å². The van der Waals surface area contributed by atoms with Crippen LogP contribution in [0.25, 0.3) is 0 Å². The molecule has 90 valence electrons. The number of hydrogen-bond acceptors (Lipinski definition) is 4. The molecule has 1 rings (SSSR count). The highest BCUT2D eigenvalue weighted by molar-refractivity contribution is 5.39. The van der Waals surface area contributed by atoms with Gasteiger partial charge in [-0.05, 0) is 20.4 Å². The van der Waals surface area contributed by atoms with Gasteiger partial charge in [0.1, 0.15) is 0 Å². The quantitative estimate of drug-likeness (QED) is 0.576. The molecule has 0 aliphatic rings. The lowest BCUT2D eigenvalue weighted by molar-refractivity contribution is -0.385. The van der Waals surface area contributed by atoms with Gasteiger partial charge in [-0.1, -0.05) is 18.2 Å². The summed E-state index contributed by atoms with van der Waals surface area (Å²) in [6.07, 6.45) is 0.569. The summed E-state index contributed by atoms with van der Waals surface area (Å²) in [5.74, 6) is 0. The maximum Gasteiger partial charge on any atom is 0.272 e. The summed E-state index contributed by atoms with van der Waals surface area (Å²) in [5, 5.41) is 19.5. The minimum absolute atomic E-state index is 0.144. The van der Waals surface area contributed by atoms with Crippen LogP contribution in [0.4, 0.5) is 5.69 Å². The standard InChI is InChI=1S/C12H15N3O2/c1-10(9-13)14(2)8-7-11-5-3-4-6-12(11)15(16)17/h3-6,10H,7-8H2,1-2H3. The van der Waals surface area contributed by atoms with Crippen molar-refractivity contribution in [2.75, 3.05) is 13.6 Å². The summed E-state index contributed by atoms with van der Waals surface area (Å²) in [6, 6.07) is 8.65. The topological polar surface area (TPSA) is 70.2 Å². The number of nitro groups is 1. The Bertz CT molecular complexity index is 440. The van der Waals surface area contributed by atoms with Gasteiger partial charge >= 0.3 is 0 Å². The van der Waals surface area contributed by atoms with Crippen LogP contribution < -0.4 is 0 Å². The van der Waals surface area contributed by atoms with E-state index in [9.17, 15) is 10.1 Å². The maximum atomic E-state index is 10.8. The Morgan fingerprint density at radius 1 is 1.53 bits per heavy atom. The predicted octanol–water partition coefficient (Wildman–Crippen LogP) is 1.98. The molecule has 0 aromatic heterocycles. The van der Waals surface area contributed by atoms with E-state index in [0.717, 1.165) is 0 Å². The van der Waals surface area contributed by atoms with E-state index in [4.69, 9.17) is 5.26 Å². The Labute approximate surface area is 100 Å². The third-order valence-corrected chi connectivity index (χ3v) is 2.77. The molecule has 0 fully saturated rings. The molecule has 0 aliphatic heterocycles. The maximum absolute atomic E-state index is 10.8. The van der Waals surface area contributed by atoms with E-state index in [1.165, 1.54) is 6.07 Å². The van der Waals surface area contributed by atoms with E-state index in [1.807, 2.05) is 11.9 Å². The number of benzene rings is 1. The van der Waals surface area contributed by atoms with Crippen molar-refractivity contribution in [3.8, 4) is 6.07 Å². The molecule has 0 radical (unpaired) electrons. The monoisotopic (exact) mass is 233 g/mol. The molecule has 0 saturated carbocycles. The molecular formula is C12H15N3O2. The number of para-hydroxylation sites is 1. The van der Waals surface area contributed by atoms with E-state index in [-0.39, 0.29) is 16.7 Å². The first kappa shape index (κ1) is 13.1. The molecule has 5 nitrogen and oxygen atoms in total. The van der Waals surface area contributed by atoms with Crippen molar-refractivity contribution in [1.29, 1.82) is 5.26 Å². The second kappa shape index (κ2) is 5.97. The first-order valence-electron chi connectivity index (χ1n) is 5.38. The van der Waals surface area contributed by atoms with Gasteiger partial charge in [-0.3, -0.25) is 15.0 Å². The molecule has 0 bridgehead atoms. The summed E-state index contributed by atoms with van der Waals surface area (Å²) in [6.45, 7) is 2.43. The summed E-state index contributed by atoms with van der Waals surface area (Å²) in [7, 11) is 1.84. The number of likely N-dealkylation sites (N-methyl/N-ethyl adjacent to an activating group) is 1. The molecule has 0 aliphatic carbocycles. The lowest BCUT2D eigenvalue weighted by atomic mass is 10.1. The van der Waals surface area contributed by atoms with E-state index in [1.54, 1.807) is 25.1 Å². The van der Waals surface area contributed by atoms with Gasteiger partial charge < -0.3 is 0 Å². The molecule has 17 heavy (non-hydrogen) atoms. The highest BCUT2D eigenvalue weighted by atomic mass is 16.6. The third kappa shape index (κ3) is 3.54. The van der Waals surface area contributed by atoms with E-state index in [2.05, 4.69) is 6.07 Å². The summed E-state index contributed by atoms with van der Waals surface area (Å²) in [4.78, 5) is 12.3. The molecule has 0 N–H and O–H groups in total. The molecular weight excluding hydrogens is 218 g/mol. The van der Waals surface area contributed by atoms with Gasteiger partial charge in [-0.2, -0.15) is 5.26 Å². The predicted molar refractivity (Wildman–Crippen MR) is 64.5 cm³/mol. The smallest absolute Gasteiger partial charge is 0.272 e. The van der Waals surface area contributed by atoms with Crippen LogP contribution in [0.5, 0.6) is 0 Å². The largest absolute Gasteiger partial charge is 0.291 e. The normalized spacial score (nSPS) is 12.1. The Balaban J connectivity index is 2.70. The fraction of sp³-hybridized carbons (Fsp3) is 0.417. The SMILES string of the molecule is CC(C#N)N(C)CCc1ccccc1[N+](=O)[O-]. The van der Waals surface area contributed by atoms with Crippen LogP contribution in [-0.4, -0.2) is 29.5 Å². The minimum atomic E-state index is -0.372. The van der Waals surface area contributed by atoms with Crippen molar-refractivity contribution >= 4 is 5.69 Å². The molecule has 0 amide bonds. The zero-order valence-corrected chi connectivity index (χ0v) is 9.96. The van der Waals surface area contributed by atoms with E-state index >= 15 is 0 Å². The van der Waals surface area contributed by atoms with Gasteiger partial charge in [0.05, 0.1) is 17.0 Å². The molecule has 1 aromatic carbocycles. The summed E-state index contributed by atoms with van der Waals surface area (Å²) in [5.41, 5.74) is 0.847. The first-order valence-corrected chi connectivity index (χ1v) is 5.38. The number of hydrogen-bond donors (Lipinski definition) is 0. The highest BCUT2D eigenvalue weighted by Gasteiger charge is 2.14. The Morgan fingerprint density at radius 3 is 2.76 bits per heavy atom. The number of nitro benzene ring substituents is 1. The first-order chi connectivity index (χ1) is 8.06. The molecule has 0 heterocycles. The average molecular weight is 233 g/mol. The minimum Gasteiger partial charge on any atom is -0.291 e. The fourth-order valence-corrected chi connectivity index (χ4v) is 1.49. The van der Waals surface area contributed by atoms with Crippen molar-refractivity contribution in [1.82, 2.24) is 4.90 Å². The van der Waals surface area contributed by atoms with Crippen LogP contribution in [0.3, 0.4) is 0 Å². The van der Waals surface area contributed by atoms with Crippen LogP contribution in [-0.2, 0) is 6.42 Å². The second-order valence-corrected chi connectivity index (χ2v) is 3.92. The van der Waals surface area contributed by atoms with Gasteiger partial charge in [0.2, 0.25) is 0 Å². The molecule has 1 aromatic rings. The Kier molecular flexibility index (Phi) is 4.61.